The Balaban J connectivity index is 1.21. The van der Waals surface area contributed by atoms with E-state index in [0.717, 1.165) is 56.6 Å². The molecule has 2 unspecified atom stereocenters. The van der Waals surface area contributed by atoms with Crippen LogP contribution < -0.4 is 16.0 Å². The highest BCUT2D eigenvalue weighted by Gasteiger charge is 2.56. The summed E-state index contributed by atoms with van der Waals surface area (Å²) < 4.78 is 121. The maximum Gasteiger partial charge on any atom is 0.397 e. The fourth-order valence-corrected chi connectivity index (χ4v) is 18.3. The molecule has 7 fully saturated rings. The fraction of sp³-hybridized carbons (Fsp3) is 0.821. The molecule has 2 bridgehead atoms. The quantitative estimate of drug-likeness (QED) is 0.121. The first kappa shape index (κ1) is 89.3. The average Bonchev–Trinajstić information content (AvgIpc) is 1.74. The average molecular weight is 1590 g/mol. The molecule has 33 heteroatoms. The zero-order chi connectivity index (χ0) is 81.9. The van der Waals surface area contributed by atoms with Gasteiger partial charge in [0.2, 0.25) is 70.9 Å². The van der Waals surface area contributed by atoms with Crippen LogP contribution in [-0.2, 0) is 62.3 Å². The Kier molecular flexibility index (Phi) is 31.2. The van der Waals surface area contributed by atoms with Crippen molar-refractivity contribution in [2.75, 3.05) is 89.2 Å². The number of ether oxygens (including phenoxy) is 1. The molecule has 2 saturated heterocycles. The summed E-state index contributed by atoms with van der Waals surface area (Å²) in [5.74, 6) is -16.6. The Bertz CT molecular complexity index is 3310. The molecule has 12 atom stereocenters. The van der Waals surface area contributed by atoms with Crippen LogP contribution in [0.2, 0.25) is 0 Å². The fourth-order valence-electron chi connectivity index (χ4n) is 18.3. The standard InChI is InChI=1S/C78H120F8N12O13/c1-12-46(3)65-73(108)92(7)45-63(101)93(8)56-27-18-15-21-36-97(72(56)107)60(40-48-28-31-51(32-29-48)77(81,82)83)71(106)91(6)44-61(99)87-55(33-30-49-37-53(79)64(54(80)38-49)78(84,85)86)69(104)98-43-52(111-13-2)41-58(98)68(103)89-76(34-22-35-76)75(110)96(11)66(50-25-19-20-26-50)74(109)95(10)59(70(105)90(4)5)42-62(100)94(9)57(67(102)88-65)39-47-23-16-14-17-24-47/h15,18,46-60,64-66H,12-14,16-17,19-45H2,1-11H3,(H,87,99)(H,88,102)(H,89,103)/b18-15-/t46-,48?,49?,51?,52+,53?,54?,55-,56-,57-,58-,59-,60-,64?,65-,66-/m0/s1. The van der Waals surface area contributed by atoms with Crippen molar-refractivity contribution in [1.29, 1.82) is 0 Å². The minimum absolute atomic E-state index is 0.00230. The van der Waals surface area contributed by atoms with E-state index in [0.29, 0.717) is 38.5 Å². The van der Waals surface area contributed by atoms with Crippen LogP contribution in [0.3, 0.4) is 0 Å². The summed E-state index contributed by atoms with van der Waals surface area (Å²) in [7, 11) is 11.0. The maximum absolute atomic E-state index is 15.6. The Morgan fingerprint density at radius 3 is 1.78 bits per heavy atom. The number of fused-ring (bicyclic) bond motifs is 3. The molecule has 0 aromatic rings. The van der Waals surface area contributed by atoms with Gasteiger partial charge in [-0.25, -0.2) is 8.78 Å². The van der Waals surface area contributed by atoms with Gasteiger partial charge in [-0.15, -0.1) is 0 Å². The molecule has 0 aromatic carbocycles. The second-order valence-electron chi connectivity index (χ2n) is 33.3. The van der Waals surface area contributed by atoms with E-state index in [9.17, 15) is 45.5 Å². The molecule has 1 spiro atoms. The Labute approximate surface area is 647 Å². The largest absolute Gasteiger partial charge is 0.397 e. The van der Waals surface area contributed by atoms with E-state index in [1.165, 1.54) is 76.0 Å². The number of amides is 12. The molecule has 626 valence electrons. The number of carbonyl (C=O) groups excluding carboxylic acids is 12. The summed E-state index contributed by atoms with van der Waals surface area (Å²) in [6.45, 7) is 3.31. The van der Waals surface area contributed by atoms with Gasteiger partial charge in [0, 0.05) is 82.5 Å². The van der Waals surface area contributed by atoms with E-state index >= 15 is 47.1 Å². The molecule has 111 heavy (non-hydrogen) atoms. The molecular weight excluding hydrogens is 1460 g/mol. The van der Waals surface area contributed by atoms with Crippen LogP contribution in [0.4, 0.5) is 35.1 Å². The van der Waals surface area contributed by atoms with Gasteiger partial charge in [-0.05, 0) is 146 Å². The minimum atomic E-state index is -5.22. The lowest BCUT2D eigenvalue weighted by molar-refractivity contribution is -0.219. The van der Waals surface area contributed by atoms with Crippen molar-refractivity contribution in [2.45, 2.75) is 279 Å². The SMILES string of the molecule is CCO[C@@H]1C[C@H]2C(=O)NC3(CCC3)C(=O)N(C)[C@@H](C3CCCC3)C(=O)N(C)[C@H](C(=O)N(C)C)CC(=O)N(C)[C@@H](CC3CCCCC3)C(=O)N[C@@H]([C@@H](C)CC)C(=O)N(C)CC(=O)N(C)[C@H]3C/C=C\CCN(C3=O)[C@@H](CC3CCC(C(F)(F)F)CC3)C(=O)N(C)CC(=O)N[C@@H](CCC3CC(F)C(C(F)(F)F)C(F)C3)C(=O)N2C1. The van der Waals surface area contributed by atoms with Crippen LogP contribution in [0.15, 0.2) is 12.2 Å². The van der Waals surface area contributed by atoms with E-state index in [4.69, 9.17) is 4.74 Å². The normalized spacial score (nSPS) is 32.4. The van der Waals surface area contributed by atoms with Gasteiger partial charge in [0.1, 0.15) is 72.1 Å². The summed E-state index contributed by atoms with van der Waals surface area (Å²) in [4.78, 5) is 193. The van der Waals surface area contributed by atoms with Gasteiger partial charge in [0.05, 0.1) is 31.5 Å². The first-order valence-corrected chi connectivity index (χ1v) is 40.2. The topological polar surface area (TPSA) is 279 Å². The van der Waals surface area contributed by atoms with Crippen molar-refractivity contribution < 1.29 is 97.4 Å². The summed E-state index contributed by atoms with van der Waals surface area (Å²) in [6, 6.07) is -11.3. The highest BCUT2D eigenvalue weighted by atomic mass is 19.4. The van der Waals surface area contributed by atoms with E-state index in [1.807, 2.05) is 0 Å². The molecule has 0 radical (unpaired) electrons. The number of nitrogens with one attached hydrogen (secondary N) is 3. The number of nitrogens with zero attached hydrogens (tertiary/aromatic N) is 9. The van der Waals surface area contributed by atoms with Crippen molar-refractivity contribution in [3.8, 4) is 0 Å². The Morgan fingerprint density at radius 2 is 1.21 bits per heavy atom. The lowest BCUT2D eigenvalue weighted by atomic mass is 9.74. The van der Waals surface area contributed by atoms with Crippen LogP contribution >= 0.6 is 0 Å². The van der Waals surface area contributed by atoms with Crippen molar-refractivity contribution in [1.82, 2.24) is 60.0 Å². The van der Waals surface area contributed by atoms with Gasteiger partial charge < -0.3 is 64.8 Å². The number of hydrogen-bond donors (Lipinski definition) is 3. The zero-order valence-corrected chi connectivity index (χ0v) is 66.5. The highest BCUT2D eigenvalue weighted by molar-refractivity contribution is 6.01. The molecule has 0 aromatic heterocycles. The summed E-state index contributed by atoms with van der Waals surface area (Å²) >= 11 is 0. The molecular formula is C78H120F8N12O13. The monoisotopic (exact) mass is 1580 g/mol. The molecule has 3 N–H and O–H groups in total. The second-order valence-corrected chi connectivity index (χ2v) is 33.3. The number of likely N-dealkylation sites (N-methyl/N-ethyl adjacent to an activating group) is 7. The smallest absolute Gasteiger partial charge is 0.377 e. The van der Waals surface area contributed by atoms with Crippen molar-refractivity contribution in [3.63, 3.8) is 0 Å². The first-order chi connectivity index (χ1) is 52.2. The Morgan fingerprint density at radius 1 is 0.604 bits per heavy atom. The second kappa shape index (κ2) is 38.7. The molecule has 3 heterocycles. The van der Waals surface area contributed by atoms with Crippen molar-refractivity contribution >= 4 is 70.9 Å². The van der Waals surface area contributed by atoms with Gasteiger partial charge in [0.15, 0.2) is 0 Å². The van der Waals surface area contributed by atoms with E-state index in [1.54, 1.807) is 32.9 Å². The third kappa shape index (κ3) is 21.8. The van der Waals surface area contributed by atoms with E-state index in [2.05, 4.69) is 16.0 Å². The van der Waals surface area contributed by atoms with Gasteiger partial charge in [0.25, 0.3) is 0 Å². The van der Waals surface area contributed by atoms with Crippen LogP contribution in [0, 0.1) is 41.4 Å². The van der Waals surface area contributed by atoms with Crippen LogP contribution in [-0.4, -0.2) is 289 Å². The number of hydrogen-bond acceptors (Lipinski definition) is 13. The molecule has 25 nitrogen and oxygen atoms in total. The summed E-state index contributed by atoms with van der Waals surface area (Å²) in [5.41, 5.74) is -1.69. The maximum atomic E-state index is 15.6. The van der Waals surface area contributed by atoms with Gasteiger partial charge in [-0.3, -0.25) is 57.5 Å². The Hall–Kier alpha value is -7.22. The first-order valence-electron chi connectivity index (χ1n) is 40.2. The molecule has 5 aliphatic carbocycles. The molecule has 3 aliphatic heterocycles. The lowest BCUT2D eigenvalue weighted by Crippen LogP contribution is -2.68. The third-order valence-electron chi connectivity index (χ3n) is 25.5. The number of alkyl halides is 8. The number of halogens is 8. The van der Waals surface area contributed by atoms with Crippen LogP contribution in [0.5, 0.6) is 0 Å². The summed E-state index contributed by atoms with van der Waals surface area (Å²) in [5, 5.41) is 8.51. The minimum Gasteiger partial charge on any atom is -0.377 e. The molecule has 5 saturated carbocycles. The predicted molar refractivity (Wildman–Crippen MR) is 393 cm³/mol. The van der Waals surface area contributed by atoms with Crippen molar-refractivity contribution in [2.24, 2.45) is 41.4 Å². The third-order valence-corrected chi connectivity index (χ3v) is 25.5. The van der Waals surface area contributed by atoms with E-state index in [-0.39, 0.29) is 103 Å². The molecule has 8 aliphatic rings. The van der Waals surface area contributed by atoms with Crippen LogP contribution in [0.1, 0.15) is 194 Å². The zero-order valence-electron chi connectivity index (χ0n) is 66.5. The highest BCUT2D eigenvalue weighted by Crippen LogP contribution is 2.46. The van der Waals surface area contributed by atoms with E-state index < -0.39 is 230 Å². The van der Waals surface area contributed by atoms with Gasteiger partial charge in [-0.2, -0.15) is 26.3 Å². The molecule has 8 rings (SSSR count). The molecule has 12 amide bonds. The number of rotatable bonds is 13. The lowest BCUT2D eigenvalue weighted by Gasteiger charge is -2.46. The predicted octanol–water partition coefficient (Wildman–Crippen LogP) is 7.28. The summed E-state index contributed by atoms with van der Waals surface area (Å²) in [6.07, 6.45) is -8.83. The van der Waals surface area contributed by atoms with Gasteiger partial charge in [-0.1, -0.05) is 77.4 Å². The van der Waals surface area contributed by atoms with Crippen molar-refractivity contribution in [3.05, 3.63) is 12.2 Å². The van der Waals surface area contributed by atoms with Gasteiger partial charge >= 0.3 is 12.4 Å². The van der Waals surface area contributed by atoms with Crippen LogP contribution in [0.25, 0.3) is 0 Å². The number of carbonyl (C=O) groups is 12.